The summed E-state index contributed by atoms with van der Waals surface area (Å²) in [5.41, 5.74) is 2.50. The van der Waals surface area contributed by atoms with E-state index in [0.717, 1.165) is 42.5 Å². The molecule has 2 aliphatic rings. The molecule has 0 spiro atoms. The molecule has 1 aliphatic carbocycles. The third-order valence-electron chi connectivity index (χ3n) is 6.55. The van der Waals surface area contributed by atoms with Crippen molar-refractivity contribution in [2.45, 2.75) is 51.7 Å². The van der Waals surface area contributed by atoms with Gasteiger partial charge in [0, 0.05) is 22.8 Å². The van der Waals surface area contributed by atoms with Crippen LogP contribution < -0.4 is 9.47 Å². The number of hydrogen-bond acceptors (Lipinski definition) is 6. The van der Waals surface area contributed by atoms with Crippen molar-refractivity contribution in [3.05, 3.63) is 88.0 Å². The topological polar surface area (TPSA) is 64.0 Å². The van der Waals surface area contributed by atoms with E-state index in [1.165, 1.54) is 18.2 Å². The minimum atomic E-state index is 0.00143. The molecule has 1 saturated heterocycles. The molecule has 0 atom stereocenters. The molecular weight excluding hydrogens is 518 g/mol. The smallest absolute Gasteiger partial charge is 0.267 e. The van der Waals surface area contributed by atoms with Gasteiger partial charge in [-0.25, -0.2) is 4.99 Å². The summed E-state index contributed by atoms with van der Waals surface area (Å²) in [5.74, 6) is 1.25. The minimum absolute atomic E-state index is 0.00143. The van der Waals surface area contributed by atoms with Gasteiger partial charge in [-0.1, -0.05) is 55.1 Å². The number of aromatic nitrogens is 1. The monoisotopic (exact) mass is 547 g/mol. The maximum absolute atomic E-state index is 13.7. The van der Waals surface area contributed by atoms with Gasteiger partial charge in [0.15, 0.2) is 16.7 Å². The van der Waals surface area contributed by atoms with Gasteiger partial charge in [-0.2, -0.15) is 0 Å². The highest BCUT2D eigenvalue weighted by atomic mass is 35.5. The lowest BCUT2D eigenvalue weighted by molar-refractivity contribution is -0.124. The van der Waals surface area contributed by atoms with Crippen LogP contribution in [0.25, 0.3) is 6.08 Å². The molecule has 196 valence electrons. The highest BCUT2D eigenvalue weighted by Crippen LogP contribution is 2.39. The zero-order chi connectivity index (χ0) is 26.3. The maximum Gasteiger partial charge on any atom is 0.267 e. The summed E-state index contributed by atoms with van der Waals surface area (Å²) in [4.78, 5) is 25.2. The number of carbonyl (C=O) groups excluding carboxylic acids is 1. The van der Waals surface area contributed by atoms with Gasteiger partial charge in [0.25, 0.3) is 5.91 Å². The molecule has 3 aromatic rings. The standard InChI is InChI=1S/C30H30ClN3O3S/c1-2-36-27-17-21(14-15-26(27)37-20-22-9-6-7-13-25(22)31)18-28-29(35)34(24-11-4-3-5-12-24)30(38-28)33-23-10-8-16-32-19-23/h6-10,13-19,24H,2-5,11-12,20H2,1H3/b28-18-,33-30?. The molecule has 1 aliphatic heterocycles. The van der Waals surface area contributed by atoms with Crippen LogP contribution in [0.5, 0.6) is 11.5 Å². The molecule has 2 fully saturated rings. The predicted octanol–water partition coefficient (Wildman–Crippen LogP) is 7.65. The van der Waals surface area contributed by atoms with E-state index in [-0.39, 0.29) is 11.9 Å². The molecule has 6 nitrogen and oxygen atoms in total. The second-order valence-corrected chi connectivity index (χ2v) is 10.6. The summed E-state index contributed by atoms with van der Waals surface area (Å²) in [7, 11) is 0. The Bertz CT molecular complexity index is 1340. The van der Waals surface area contributed by atoms with Gasteiger partial charge in [-0.05, 0) is 73.5 Å². The van der Waals surface area contributed by atoms with Crippen molar-refractivity contribution < 1.29 is 14.3 Å². The largest absolute Gasteiger partial charge is 0.490 e. The van der Waals surface area contributed by atoms with E-state index in [4.69, 9.17) is 26.1 Å². The van der Waals surface area contributed by atoms with E-state index >= 15 is 0 Å². The highest BCUT2D eigenvalue weighted by molar-refractivity contribution is 8.18. The van der Waals surface area contributed by atoms with E-state index in [0.29, 0.717) is 39.8 Å². The van der Waals surface area contributed by atoms with E-state index in [9.17, 15) is 4.79 Å². The highest BCUT2D eigenvalue weighted by Gasteiger charge is 2.38. The van der Waals surface area contributed by atoms with Crippen molar-refractivity contribution >= 4 is 46.2 Å². The van der Waals surface area contributed by atoms with Crippen LogP contribution >= 0.6 is 23.4 Å². The van der Waals surface area contributed by atoms with E-state index in [1.807, 2.05) is 72.5 Å². The number of amidine groups is 1. The van der Waals surface area contributed by atoms with Crippen LogP contribution in [0.15, 0.2) is 76.9 Å². The quantitative estimate of drug-likeness (QED) is 0.271. The SMILES string of the molecule is CCOc1cc(/C=C2\SC(=Nc3cccnc3)N(C3CCCCC3)C2=O)ccc1OCc1ccccc1Cl. The Morgan fingerprint density at radius 2 is 1.92 bits per heavy atom. The Morgan fingerprint density at radius 3 is 2.68 bits per heavy atom. The van der Waals surface area contributed by atoms with Gasteiger partial charge in [-0.15, -0.1) is 0 Å². The number of ether oxygens (including phenoxy) is 2. The Balaban J connectivity index is 1.41. The summed E-state index contributed by atoms with van der Waals surface area (Å²) < 4.78 is 11.9. The minimum Gasteiger partial charge on any atom is -0.490 e. The Morgan fingerprint density at radius 1 is 1.08 bits per heavy atom. The third kappa shape index (κ3) is 6.22. The number of benzene rings is 2. The average Bonchev–Trinajstić information content (AvgIpc) is 3.24. The fourth-order valence-electron chi connectivity index (χ4n) is 4.68. The molecule has 2 aromatic carbocycles. The van der Waals surface area contributed by atoms with E-state index in [2.05, 4.69) is 4.98 Å². The Labute approximate surface area is 232 Å². The second-order valence-electron chi connectivity index (χ2n) is 9.20. The summed E-state index contributed by atoms with van der Waals surface area (Å²) in [6.45, 7) is 2.76. The first kappa shape index (κ1) is 26.3. The van der Waals surface area contributed by atoms with Crippen LogP contribution in [0.1, 0.15) is 50.2 Å². The average molecular weight is 548 g/mol. The lowest BCUT2D eigenvalue weighted by atomic mass is 9.94. The van der Waals surface area contributed by atoms with Crippen molar-refractivity contribution in [1.82, 2.24) is 9.88 Å². The molecule has 0 radical (unpaired) electrons. The molecule has 0 N–H and O–H groups in total. The fraction of sp³-hybridized carbons (Fsp3) is 0.300. The lowest BCUT2D eigenvalue weighted by Crippen LogP contribution is -2.40. The van der Waals surface area contributed by atoms with Crippen molar-refractivity contribution in [3.8, 4) is 11.5 Å². The number of carbonyl (C=O) groups is 1. The molecule has 1 amide bonds. The zero-order valence-electron chi connectivity index (χ0n) is 21.3. The Hall–Kier alpha value is -3.29. The van der Waals surface area contributed by atoms with Crippen LogP contribution in [-0.4, -0.2) is 33.6 Å². The van der Waals surface area contributed by atoms with Crippen LogP contribution in [0.3, 0.4) is 0 Å². The molecule has 0 bridgehead atoms. The van der Waals surface area contributed by atoms with Gasteiger partial charge in [0.2, 0.25) is 0 Å². The van der Waals surface area contributed by atoms with Gasteiger partial charge >= 0.3 is 0 Å². The van der Waals surface area contributed by atoms with Crippen LogP contribution in [0.2, 0.25) is 5.02 Å². The normalized spacial score (nSPS) is 18.4. The fourth-order valence-corrected chi connectivity index (χ4v) is 5.93. The maximum atomic E-state index is 13.7. The Kier molecular flexibility index (Phi) is 8.66. The summed E-state index contributed by atoms with van der Waals surface area (Å²) >= 11 is 7.70. The van der Waals surface area contributed by atoms with Crippen molar-refractivity contribution in [2.75, 3.05) is 6.61 Å². The number of aliphatic imine (C=N–C) groups is 1. The number of amides is 1. The van der Waals surface area contributed by atoms with Gasteiger partial charge < -0.3 is 9.47 Å². The molecule has 2 heterocycles. The summed E-state index contributed by atoms with van der Waals surface area (Å²) in [5, 5.41) is 1.38. The number of halogens is 1. The third-order valence-corrected chi connectivity index (χ3v) is 7.91. The summed E-state index contributed by atoms with van der Waals surface area (Å²) in [6.07, 6.45) is 10.8. The number of thioether (sulfide) groups is 1. The molecule has 1 aromatic heterocycles. The predicted molar refractivity (Wildman–Crippen MR) is 154 cm³/mol. The van der Waals surface area contributed by atoms with E-state index in [1.54, 1.807) is 12.4 Å². The first-order valence-corrected chi connectivity index (χ1v) is 14.2. The first-order valence-electron chi connectivity index (χ1n) is 13.0. The first-order chi connectivity index (χ1) is 18.6. The second kappa shape index (κ2) is 12.5. The van der Waals surface area contributed by atoms with Crippen LogP contribution in [-0.2, 0) is 11.4 Å². The molecule has 0 unspecified atom stereocenters. The van der Waals surface area contributed by atoms with E-state index < -0.39 is 0 Å². The molecule has 5 rings (SSSR count). The van der Waals surface area contributed by atoms with Crippen molar-refractivity contribution in [2.24, 2.45) is 4.99 Å². The van der Waals surface area contributed by atoms with Crippen LogP contribution in [0.4, 0.5) is 5.69 Å². The molecule has 38 heavy (non-hydrogen) atoms. The number of pyridine rings is 1. The van der Waals surface area contributed by atoms with Gasteiger partial charge in [0.05, 0.1) is 23.4 Å². The number of hydrogen-bond donors (Lipinski definition) is 0. The number of rotatable bonds is 8. The lowest BCUT2D eigenvalue weighted by Gasteiger charge is -2.30. The molecular formula is C30H30ClN3O3S. The van der Waals surface area contributed by atoms with Gasteiger partial charge in [-0.3, -0.25) is 14.7 Å². The molecule has 8 heteroatoms. The number of nitrogens with zero attached hydrogens (tertiary/aromatic N) is 3. The zero-order valence-corrected chi connectivity index (χ0v) is 22.9. The van der Waals surface area contributed by atoms with Crippen LogP contribution in [0, 0.1) is 0 Å². The molecule has 1 saturated carbocycles. The van der Waals surface area contributed by atoms with Crippen molar-refractivity contribution in [1.29, 1.82) is 0 Å². The summed E-state index contributed by atoms with van der Waals surface area (Å²) in [6, 6.07) is 17.3. The van der Waals surface area contributed by atoms with Crippen molar-refractivity contribution in [3.63, 3.8) is 0 Å². The van der Waals surface area contributed by atoms with Gasteiger partial charge in [0.1, 0.15) is 6.61 Å².